The molecule has 1 amide bonds. The van der Waals surface area contributed by atoms with Crippen LogP contribution < -0.4 is 11.1 Å². The van der Waals surface area contributed by atoms with Gasteiger partial charge in [0, 0.05) is 18.2 Å². The highest BCUT2D eigenvalue weighted by Gasteiger charge is 2.19. The maximum atomic E-state index is 11.4. The van der Waals surface area contributed by atoms with Crippen molar-refractivity contribution in [3.63, 3.8) is 0 Å². The van der Waals surface area contributed by atoms with Gasteiger partial charge in [-0.1, -0.05) is 50.7 Å². The van der Waals surface area contributed by atoms with Crippen LogP contribution in [-0.2, 0) is 11.2 Å². The largest absolute Gasteiger partial charge is 0.326 e. The normalized spacial score (nSPS) is 21.3. The molecule has 1 aromatic rings. The van der Waals surface area contributed by atoms with E-state index < -0.39 is 0 Å². The number of rotatable bonds is 3. The summed E-state index contributed by atoms with van der Waals surface area (Å²) in [5.74, 6) is 0.913. The highest BCUT2D eigenvalue weighted by molar-refractivity contribution is 5.93. The third kappa shape index (κ3) is 3.65. The topological polar surface area (TPSA) is 55.1 Å². The smallest absolute Gasteiger partial charge is 0.224 e. The second kappa shape index (κ2) is 6.61. The quantitative estimate of drug-likeness (QED) is 0.827. The van der Waals surface area contributed by atoms with E-state index in [4.69, 9.17) is 5.73 Å². The van der Waals surface area contributed by atoms with E-state index >= 15 is 0 Å². The Morgan fingerprint density at radius 3 is 2.67 bits per heavy atom. The standard InChI is InChI=1S/C18H26N2O/c19-16(11-13-5-3-1-2-4-6-13)14-7-9-17-15(12-14)8-10-18(21)20-17/h7,9,12-13,16H,1-6,8,10-11,19H2,(H,20,21). The van der Waals surface area contributed by atoms with Crippen LogP contribution >= 0.6 is 0 Å². The van der Waals surface area contributed by atoms with E-state index in [2.05, 4.69) is 17.4 Å². The van der Waals surface area contributed by atoms with Gasteiger partial charge in [-0.3, -0.25) is 4.79 Å². The molecule has 1 fully saturated rings. The van der Waals surface area contributed by atoms with Crippen molar-refractivity contribution in [3.8, 4) is 0 Å². The van der Waals surface area contributed by atoms with E-state index in [9.17, 15) is 4.79 Å². The Bertz CT molecular complexity index is 504. The summed E-state index contributed by atoms with van der Waals surface area (Å²) in [5, 5.41) is 2.94. The number of anilines is 1. The molecule has 3 heteroatoms. The molecule has 1 saturated carbocycles. The second-order valence-corrected chi connectivity index (χ2v) is 6.66. The van der Waals surface area contributed by atoms with Crippen molar-refractivity contribution in [3.05, 3.63) is 29.3 Å². The van der Waals surface area contributed by atoms with Crippen molar-refractivity contribution in [1.82, 2.24) is 0 Å². The third-order valence-corrected chi connectivity index (χ3v) is 5.01. The fourth-order valence-electron chi connectivity index (χ4n) is 3.73. The van der Waals surface area contributed by atoms with Crippen LogP contribution in [0.15, 0.2) is 18.2 Å². The zero-order valence-corrected chi connectivity index (χ0v) is 12.7. The van der Waals surface area contributed by atoms with E-state index in [0.717, 1.165) is 24.4 Å². The summed E-state index contributed by atoms with van der Waals surface area (Å²) in [5.41, 5.74) is 9.89. The zero-order chi connectivity index (χ0) is 14.7. The Kier molecular flexibility index (Phi) is 4.59. The minimum absolute atomic E-state index is 0.123. The predicted molar refractivity (Wildman–Crippen MR) is 86.1 cm³/mol. The summed E-state index contributed by atoms with van der Waals surface area (Å²) < 4.78 is 0. The number of nitrogens with two attached hydrogens (primary N) is 1. The zero-order valence-electron chi connectivity index (χ0n) is 12.7. The van der Waals surface area contributed by atoms with Gasteiger partial charge in [0.15, 0.2) is 0 Å². The molecular formula is C18H26N2O. The van der Waals surface area contributed by atoms with Crippen LogP contribution in [0.25, 0.3) is 0 Å². The Morgan fingerprint density at radius 1 is 1.14 bits per heavy atom. The van der Waals surface area contributed by atoms with Gasteiger partial charge in [0.2, 0.25) is 5.91 Å². The summed E-state index contributed by atoms with van der Waals surface area (Å²) >= 11 is 0. The van der Waals surface area contributed by atoms with Crippen molar-refractivity contribution in [2.75, 3.05) is 5.32 Å². The van der Waals surface area contributed by atoms with E-state index in [1.165, 1.54) is 49.7 Å². The van der Waals surface area contributed by atoms with Crippen molar-refractivity contribution in [1.29, 1.82) is 0 Å². The average Bonchev–Trinajstić information content (AvgIpc) is 2.75. The summed E-state index contributed by atoms with van der Waals surface area (Å²) in [6.07, 6.45) is 10.7. The van der Waals surface area contributed by atoms with Crippen LogP contribution in [-0.4, -0.2) is 5.91 Å². The Labute approximate surface area is 127 Å². The molecule has 3 rings (SSSR count). The molecule has 1 aromatic carbocycles. The number of aryl methyl sites for hydroxylation is 1. The molecule has 0 spiro atoms. The minimum atomic E-state index is 0.123. The number of amides is 1. The van der Waals surface area contributed by atoms with Gasteiger partial charge in [-0.05, 0) is 36.0 Å². The van der Waals surface area contributed by atoms with E-state index in [1.807, 2.05) is 6.07 Å². The number of nitrogens with one attached hydrogen (secondary N) is 1. The van der Waals surface area contributed by atoms with Crippen molar-refractivity contribution < 1.29 is 4.79 Å². The van der Waals surface area contributed by atoms with Crippen LogP contribution in [0.5, 0.6) is 0 Å². The summed E-state index contributed by atoms with van der Waals surface area (Å²) in [6, 6.07) is 6.45. The van der Waals surface area contributed by atoms with Crippen molar-refractivity contribution >= 4 is 11.6 Å². The lowest BCUT2D eigenvalue weighted by molar-refractivity contribution is -0.116. The van der Waals surface area contributed by atoms with Crippen molar-refractivity contribution in [2.45, 2.75) is 63.8 Å². The lowest BCUT2D eigenvalue weighted by Crippen LogP contribution is -2.20. The molecule has 1 aliphatic heterocycles. The molecular weight excluding hydrogens is 260 g/mol. The van der Waals surface area contributed by atoms with Gasteiger partial charge in [0.05, 0.1) is 0 Å². The Hall–Kier alpha value is -1.35. The molecule has 0 aromatic heterocycles. The molecule has 1 unspecified atom stereocenters. The lowest BCUT2D eigenvalue weighted by Gasteiger charge is -2.22. The molecule has 0 bridgehead atoms. The minimum Gasteiger partial charge on any atom is -0.326 e. The predicted octanol–water partition coefficient (Wildman–Crippen LogP) is 3.93. The van der Waals surface area contributed by atoms with Gasteiger partial charge >= 0.3 is 0 Å². The molecule has 21 heavy (non-hydrogen) atoms. The summed E-state index contributed by atoms with van der Waals surface area (Å²) in [6.45, 7) is 0. The first-order valence-corrected chi connectivity index (χ1v) is 8.40. The Balaban J connectivity index is 1.67. The van der Waals surface area contributed by atoms with Crippen LogP contribution in [0.2, 0.25) is 0 Å². The number of benzene rings is 1. The number of hydrogen-bond donors (Lipinski definition) is 2. The van der Waals surface area contributed by atoms with Gasteiger partial charge in [-0.15, -0.1) is 0 Å². The van der Waals surface area contributed by atoms with Crippen LogP contribution in [0.3, 0.4) is 0 Å². The van der Waals surface area contributed by atoms with Gasteiger partial charge in [0.1, 0.15) is 0 Å². The number of fused-ring (bicyclic) bond motifs is 1. The molecule has 1 heterocycles. The van der Waals surface area contributed by atoms with Crippen molar-refractivity contribution in [2.24, 2.45) is 11.7 Å². The van der Waals surface area contributed by atoms with Gasteiger partial charge in [-0.2, -0.15) is 0 Å². The van der Waals surface area contributed by atoms with E-state index in [-0.39, 0.29) is 11.9 Å². The number of carbonyl (C=O) groups is 1. The SMILES string of the molecule is NC(CC1CCCCCC1)c1ccc2c(c1)CCC(=O)N2. The van der Waals surface area contributed by atoms with Gasteiger partial charge < -0.3 is 11.1 Å². The number of carbonyl (C=O) groups excluding carboxylic acids is 1. The maximum absolute atomic E-state index is 11.4. The highest BCUT2D eigenvalue weighted by atomic mass is 16.1. The maximum Gasteiger partial charge on any atom is 0.224 e. The monoisotopic (exact) mass is 286 g/mol. The Morgan fingerprint density at radius 2 is 1.90 bits per heavy atom. The molecule has 114 valence electrons. The summed E-state index contributed by atoms with van der Waals surface area (Å²) in [7, 11) is 0. The van der Waals surface area contributed by atoms with Gasteiger partial charge in [0.25, 0.3) is 0 Å². The first kappa shape index (κ1) is 14.6. The van der Waals surface area contributed by atoms with Crippen LogP contribution in [0, 0.1) is 5.92 Å². The first-order chi connectivity index (χ1) is 10.2. The third-order valence-electron chi connectivity index (χ3n) is 5.01. The molecule has 1 atom stereocenters. The fraction of sp³-hybridized carbons (Fsp3) is 0.611. The highest BCUT2D eigenvalue weighted by Crippen LogP contribution is 2.32. The molecule has 0 saturated heterocycles. The molecule has 3 nitrogen and oxygen atoms in total. The fourth-order valence-corrected chi connectivity index (χ4v) is 3.73. The molecule has 1 aliphatic carbocycles. The first-order valence-electron chi connectivity index (χ1n) is 8.40. The van der Waals surface area contributed by atoms with E-state index in [1.54, 1.807) is 0 Å². The molecule has 0 radical (unpaired) electrons. The van der Waals surface area contributed by atoms with E-state index in [0.29, 0.717) is 6.42 Å². The van der Waals surface area contributed by atoms with Crippen LogP contribution in [0.4, 0.5) is 5.69 Å². The average molecular weight is 286 g/mol. The molecule has 2 aliphatic rings. The van der Waals surface area contributed by atoms with Crippen LogP contribution in [0.1, 0.15) is 68.5 Å². The molecule has 3 N–H and O–H groups in total. The lowest BCUT2D eigenvalue weighted by atomic mass is 9.88. The van der Waals surface area contributed by atoms with Gasteiger partial charge in [-0.25, -0.2) is 0 Å². The number of hydrogen-bond acceptors (Lipinski definition) is 2. The second-order valence-electron chi connectivity index (χ2n) is 6.66. The summed E-state index contributed by atoms with van der Waals surface area (Å²) in [4.78, 5) is 11.4.